The Morgan fingerprint density at radius 3 is 2.86 bits per heavy atom. The second-order valence-electron chi connectivity index (χ2n) is 7.23. The van der Waals surface area contributed by atoms with Crippen molar-refractivity contribution < 1.29 is 0 Å². The van der Waals surface area contributed by atoms with Gasteiger partial charge in [0, 0.05) is 49.8 Å². The molecule has 2 bridgehead atoms. The summed E-state index contributed by atoms with van der Waals surface area (Å²) >= 11 is 0. The molecule has 2 N–H and O–H groups in total. The molecule has 2 saturated heterocycles. The minimum absolute atomic E-state index is 0.490. The Morgan fingerprint density at radius 1 is 1.07 bits per heavy atom. The van der Waals surface area contributed by atoms with Crippen LogP contribution in [0.15, 0.2) is 49.3 Å². The molecule has 6 heterocycles. The summed E-state index contributed by atoms with van der Waals surface area (Å²) in [6, 6.07) is 6.87. The molecule has 0 aliphatic carbocycles. The molecule has 2 fully saturated rings. The number of pyridine rings is 1. The Labute approximate surface area is 166 Å². The van der Waals surface area contributed by atoms with Gasteiger partial charge in [0.1, 0.15) is 18.0 Å². The first-order valence-electron chi connectivity index (χ1n) is 9.54. The summed E-state index contributed by atoms with van der Waals surface area (Å²) < 4.78 is 1.74. The van der Waals surface area contributed by atoms with Crippen molar-refractivity contribution >= 4 is 28.5 Å². The lowest BCUT2D eigenvalue weighted by Gasteiger charge is -2.28. The lowest BCUT2D eigenvalue weighted by Crippen LogP contribution is -2.44. The van der Waals surface area contributed by atoms with E-state index in [0.717, 1.165) is 30.7 Å². The molecule has 0 amide bonds. The second kappa shape index (κ2) is 6.45. The zero-order valence-corrected chi connectivity index (χ0v) is 15.5. The summed E-state index contributed by atoms with van der Waals surface area (Å²) in [5, 5.41) is 12.3. The molecule has 2 atom stereocenters. The number of rotatable bonds is 4. The van der Waals surface area contributed by atoms with Crippen LogP contribution in [0.2, 0.25) is 0 Å². The van der Waals surface area contributed by atoms with Crippen LogP contribution in [0.4, 0.5) is 17.5 Å². The molecule has 0 saturated carbocycles. The number of nitrogens with one attached hydrogen (secondary N) is 2. The smallest absolute Gasteiger partial charge is 0.166 e. The van der Waals surface area contributed by atoms with Gasteiger partial charge in [-0.1, -0.05) is 0 Å². The van der Waals surface area contributed by atoms with Crippen molar-refractivity contribution in [2.24, 2.45) is 0 Å². The van der Waals surface area contributed by atoms with Crippen LogP contribution in [0.3, 0.4) is 0 Å². The van der Waals surface area contributed by atoms with Gasteiger partial charge in [0.2, 0.25) is 0 Å². The van der Waals surface area contributed by atoms with E-state index in [9.17, 15) is 0 Å². The molecule has 10 heteroatoms. The lowest BCUT2D eigenvalue weighted by molar-refractivity contribution is 0.576. The van der Waals surface area contributed by atoms with Gasteiger partial charge in [-0.15, -0.1) is 5.10 Å². The van der Waals surface area contributed by atoms with E-state index >= 15 is 0 Å². The van der Waals surface area contributed by atoms with Gasteiger partial charge in [-0.05, 0) is 18.6 Å². The maximum Gasteiger partial charge on any atom is 0.166 e. The van der Waals surface area contributed by atoms with Crippen LogP contribution in [-0.2, 0) is 0 Å². The summed E-state index contributed by atoms with van der Waals surface area (Å²) in [5.74, 6) is 2.87. The van der Waals surface area contributed by atoms with Gasteiger partial charge in [0.05, 0.1) is 11.6 Å². The van der Waals surface area contributed by atoms with Crippen LogP contribution >= 0.6 is 0 Å². The molecule has 4 aromatic rings. The fraction of sp³-hybridized carbons (Fsp3) is 0.263. The van der Waals surface area contributed by atoms with Crippen LogP contribution in [0.1, 0.15) is 6.42 Å². The average molecular weight is 386 g/mol. The number of piperazine rings is 1. The zero-order chi connectivity index (χ0) is 19.2. The normalized spacial score (nSPS) is 20.5. The Morgan fingerprint density at radius 2 is 2.03 bits per heavy atom. The van der Waals surface area contributed by atoms with Gasteiger partial charge in [0.15, 0.2) is 17.3 Å². The third-order valence-electron chi connectivity index (χ3n) is 5.46. The third-order valence-corrected chi connectivity index (χ3v) is 5.46. The van der Waals surface area contributed by atoms with Gasteiger partial charge in [-0.3, -0.25) is 4.98 Å². The third kappa shape index (κ3) is 2.76. The second-order valence-corrected chi connectivity index (χ2v) is 7.23. The summed E-state index contributed by atoms with van der Waals surface area (Å²) in [5.41, 5.74) is 0.716. The van der Waals surface area contributed by atoms with Crippen molar-refractivity contribution in [3.8, 4) is 5.82 Å². The van der Waals surface area contributed by atoms with Crippen molar-refractivity contribution in [2.45, 2.75) is 18.5 Å². The van der Waals surface area contributed by atoms with Gasteiger partial charge >= 0.3 is 0 Å². The molecule has 0 spiro atoms. The van der Waals surface area contributed by atoms with E-state index in [2.05, 4.69) is 40.5 Å². The van der Waals surface area contributed by atoms with E-state index in [0.29, 0.717) is 35.2 Å². The van der Waals surface area contributed by atoms with Crippen molar-refractivity contribution in [1.82, 2.24) is 40.0 Å². The number of hydrogen-bond acceptors (Lipinski definition) is 9. The standard InChI is InChI=1S/C19H18N10/c1-2-14-18(26-15-9-20-4-5-21-15)27-29(19(14)22-3-1)17-7-16(24-11-25-17)28-10-12-6-13(28)8-23-12/h1-5,7,9,11-13,23H,6,8,10H2,(H,21,26,27)/t12-,13-/m0/s1. The van der Waals surface area contributed by atoms with E-state index in [1.54, 1.807) is 35.8 Å². The molecule has 2 aliphatic rings. The van der Waals surface area contributed by atoms with Gasteiger partial charge < -0.3 is 15.5 Å². The highest BCUT2D eigenvalue weighted by Gasteiger charge is 2.38. The van der Waals surface area contributed by atoms with Crippen molar-refractivity contribution in [2.75, 3.05) is 23.3 Å². The average Bonchev–Trinajstić information content (AvgIpc) is 3.50. The molecule has 0 unspecified atom stereocenters. The molecule has 144 valence electrons. The van der Waals surface area contributed by atoms with E-state index in [1.165, 1.54) is 0 Å². The topological polar surface area (TPSA) is 110 Å². The van der Waals surface area contributed by atoms with Crippen molar-refractivity contribution in [1.29, 1.82) is 0 Å². The summed E-state index contributed by atoms with van der Waals surface area (Å²) in [6.07, 6.45) is 9.43. The quantitative estimate of drug-likeness (QED) is 0.536. The fourth-order valence-corrected chi connectivity index (χ4v) is 4.14. The number of nitrogens with zero attached hydrogens (tertiary/aromatic N) is 8. The summed E-state index contributed by atoms with van der Waals surface area (Å²) in [6.45, 7) is 1.97. The predicted molar refractivity (Wildman–Crippen MR) is 107 cm³/mol. The number of fused-ring (bicyclic) bond motifs is 3. The summed E-state index contributed by atoms with van der Waals surface area (Å²) in [4.78, 5) is 24.2. The zero-order valence-electron chi connectivity index (χ0n) is 15.5. The molecule has 4 aromatic heterocycles. The van der Waals surface area contributed by atoms with Gasteiger partial charge in [-0.2, -0.15) is 4.68 Å². The Bertz CT molecular complexity index is 1170. The highest BCUT2D eigenvalue weighted by Crippen LogP contribution is 2.30. The van der Waals surface area contributed by atoms with E-state index < -0.39 is 0 Å². The highest BCUT2D eigenvalue weighted by atomic mass is 15.4. The highest BCUT2D eigenvalue weighted by molar-refractivity contribution is 5.90. The molecule has 0 aromatic carbocycles. The van der Waals surface area contributed by atoms with Crippen molar-refractivity contribution in [3.05, 3.63) is 49.3 Å². The van der Waals surface area contributed by atoms with E-state index in [4.69, 9.17) is 5.10 Å². The first-order chi connectivity index (χ1) is 14.3. The maximum atomic E-state index is 4.72. The van der Waals surface area contributed by atoms with Gasteiger partial charge in [0.25, 0.3) is 0 Å². The molecule has 10 nitrogen and oxygen atoms in total. The van der Waals surface area contributed by atoms with Crippen LogP contribution in [0, 0.1) is 0 Å². The number of anilines is 3. The SMILES string of the molecule is c1cnc2c(c1)c(Nc1cnccn1)nn2-c1cc(N2C[C@@H]3C[C@H]2CN3)ncn1. The fourth-order valence-electron chi connectivity index (χ4n) is 4.14. The minimum Gasteiger partial charge on any atom is -0.351 e. The molecular weight excluding hydrogens is 368 g/mol. The first-order valence-corrected chi connectivity index (χ1v) is 9.54. The monoisotopic (exact) mass is 386 g/mol. The molecule has 6 rings (SSSR count). The minimum atomic E-state index is 0.490. The first kappa shape index (κ1) is 16.3. The number of aromatic nitrogens is 7. The Balaban J connectivity index is 1.41. The van der Waals surface area contributed by atoms with Crippen LogP contribution in [0.25, 0.3) is 16.9 Å². The molecule has 2 aliphatic heterocycles. The Hall–Kier alpha value is -3.66. The predicted octanol–water partition coefficient (Wildman–Crippen LogP) is 1.29. The van der Waals surface area contributed by atoms with Crippen LogP contribution in [-0.4, -0.2) is 59.9 Å². The molecule has 0 radical (unpaired) electrons. The largest absolute Gasteiger partial charge is 0.351 e. The van der Waals surface area contributed by atoms with Crippen LogP contribution < -0.4 is 15.5 Å². The maximum absolute atomic E-state index is 4.72. The van der Waals surface area contributed by atoms with E-state index in [1.807, 2.05) is 18.2 Å². The van der Waals surface area contributed by atoms with Crippen molar-refractivity contribution in [3.63, 3.8) is 0 Å². The molecule has 29 heavy (non-hydrogen) atoms. The lowest BCUT2D eigenvalue weighted by atomic mass is 10.2. The number of hydrogen-bond donors (Lipinski definition) is 2. The van der Waals surface area contributed by atoms with Gasteiger partial charge in [-0.25, -0.2) is 19.9 Å². The van der Waals surface area contributed by atoms with E-state index in [-0.39, 0.29) is 0 Å². The Kier molecular flexibility index (Phi) is 3.63. The molecular formula is C19H18N10. The summed E-state index contributed by atoms with van der Waals surface area (Å²) in [7, 11) is 0. The van der Waals surface area contributed by atoms with Crippen LogP contribution in [0.5, 0.6) is 0 Å².